The van der Waals surface area contributed by atoms with E-state index in [1.807, 2.05) is 51.4 Å². The van der Waals surface area contributed by atoms with Gasteiger partial charge in [-0.3, -0.25) is 0 Å². The molecule has 26 heavy (non-hydrogen) atoms. The predicted octanol–water partition coefficient (Wildman–Crippen LogP) is 1.11. The summed E-state index contributed by atoms with van der Waals surface area (Å²) < 4.78 is 11.8. The fraction of sp³-hybridized carbons (Fsp3) is 0.450. The fourth-order valence-corrected chi connectivity index (χ4v) is 3.00. The summed E-state index contributed by atoms with van der Waals surface area (Å²) in [5.74, 6) is 1.64. The predicted molar refractivity (Wildman–Crippen MR) is 101 cm³/mol. The number of nitrogens with zero attached hydrogens (tertiary/aromatic N) is 1. The number of aliphatic imine (C=N–C) groups is 1. The molecule has 0 aromatic rings. The molecule has 2 saturated carbocycles. The molecule has 3 aliphatic rings. The summed E-state index contributed by atoms with van der Waals surface area (Å²) in [6.45, 7) is 12.5. The number of hydrogen-bond donors (Lipinski definition) is 0. The molecule has 1 atom stereocenters. The molecule has 10 radical (unpaired) electrons. The quantitative estimate of drug-likeness (QED) is 0.519. The van der Waals surface area contributed by atoms with Gasteiger partial charge in [0.1, 0.15) is 12.6 Å². The standard InChI is InChI=1S/C15H23NO2Si.C5H5.Fe.Li/c1-15(2,3)19(4,5)18-11-13-10-17-14(16-13)12-8-6-7-9-12;1-2-4-5-3-1;;/h6-8,13H,10-11H2,1-5H3;1-5H;;/q-1;;+2;+1/t13-;;;/m1.../s1. The molecule has 0 bridgehead atoms. The van der Waals surface area contributed by atoms with Crippen molar-refractivity contribution < 1.29 is 45.1 Å². The van der Waals surface area contributed by atoms with E-state index < -0.39 is 8.32 Å². The van der Waals surface area contributed by atoms with Gasteiger partial charge in [-0.25, -0.2) is 11.4 Å². The van der Waals surface area contributed by atoms with Gasteiger partial charge in [-0.2, -0.15) is 0 Å². The Kier molecular flexibility index (Phi) is 12.7. The number of ether oxygens (including phenoxy) is 1. The van der Waals surface area contributed by atoms with Gasteiger partial charge in [0.25, 0.3) is 0 Å². The van der Waals surface area contributed by atoms with Crippen LogP contribution in [0, 0.1) is 63.7 Å². The zero-order chi connectivity index (χ0) is 17.6. The Labute approximate surface area is 185 Å². The minimum Gasteiger partial charge on any atom is -0.481 e. The molecule has 0 aromatic carbocycles. The van der Waals surface area contributed by atoms with Gasteiger partial charge >= 0.3 is 35.9 Å². The second-order valence-corrected chi connectivity index (χ2v) is 12.3. The number of hydrogen-bond acceptors (Lipinski definition) is 3. The van der Waals surface area contributed by atoms with Crippen molar-refractivity contribution in [3.8, 4) is 0 Å². The molecule has 3 nitrogen and oxygen atoms in total. The third-order valence-corrected chi connectivity index (χ3v) is 9.04. The van der Waals surface area contributed by atoms with E-state index in [0.29, 0.717) is 19.1 Å². The molecule has 136 valence electrons. The Balaban J connectivity index is 0.000000774. The van der Waals surface area contributed by atoms with Gasteiger partial charge in [-0.05, 0) is 50.2 Å². The maximum absolute atomic E-state index is 6.19. The maximum atomic E-state index is 6.19. The Bertz CT molecular complexity index is 409. The van der Waals surface area contributed by atoms with E-state index in [0.717, 1.165) is 5.92 Å². The van der Waals surface area contributed by atoms with Crippen LogP contribution in [0.5, 0.6) is 0 Å². The molecule has 0 amide bonds. The van der Waals surface area contributed by atoms with Crippen molar-refractivity contribution in [2.24, 2.45) is 4.99 Å². The molecule has 1 heterocycles. The summed E-state index contributed by atoms with van der Waals surface area (Å²) in [7, 11) is -1.69. The molecule has 0 saturated heterocycles. The Morgan fingerprint density at radius 3 is 2.19 bits per heavy atom. The van der Waals surface area contributed by atoms with Crippen molar-refractivity contribution >= 4 is 14.2 Å². The molecule has 0 unspecified atom stereocenters. The van der Waals surface area contributed by atoms with E-state index >= 15 is 0 Å². The van der Waals surface area contributed by atoms with E-state index in [9.17, 15) is 0 Å². The van der Waals surface area contributed by atoms with Crippen molar-refractivity contribution in [1.82, 2.24) is 0 Å². The van der Waals surface area contributed by atoms with E-state index in [4.69, 9.17) is 9.16 Å². The van der Waals surface area contributed by atoms with Crippen LogP contribution in [0.15, 0.2) is 4.99 Å². The molecule has 0 spiro atoms. The molecular formula is C20H28FeLiNO2Si+2. The molecular weight excluding hydrogens is 377 g/mol. The van der Waals surface area contributed by atoms with Crippen molar-refractivity contribution in [3.63, 3.8) is 0 Å². The van der Waals surface area contributed by atoms with Crippen molar-refractivity contribution in [3.05, 3.63) is 63.7 Å². The largest absolute Gasteiger partial charge is 2.00 e. The summed E-state index contributed by atoms with van der Waals surface area (Å²) in [5, 5.41) is 0.235. The minimum absolute atomic E-state index is 0. The topological polar surface area (TPSA) is 30.8 Å². The normalized spacial score (nSPS) is 23.3. The maximum Gasteiger partial charge on any atom is 2.00 e. The fourth-order valence-electron chi connectivity index (χ4n) is 1.95. The molecule has 2 fully saturated rings. The van der Waals surface area contributed by atoms with Gasteiger partial charge in [0.15, 0.2) is 14.2 Å². The average molecular weight is 405 g/mol. The molecule has 6 heteroatoms. The van der Waals surface area contributed by atoms with Crippen LogP contribution in [0.4, 0.5) is 0 Å². The molecule has 0 N–H and O–H groups in total. The Hall–Kier alpha value is 0.764. The first kappa shape index (κ1) is 26.8. The number of rotatable bonds is 4. The van der Waals surface area contributed by atoms with Crippen LogP contribution in [0.2, 0.25) is 18.1 Å². The first-order chi connectivity index (χ1) is 11.3. The summed E-state index contributed by atoms with van der Waals surface area (Å²) in [6, 6.07) is 0.118. The zero-order valence-corrected chi connectivity index (χ0v) is 18.8. The first-order valence-corrected chi connectivity index (χ1v) is 11.4. The van der Waals surface area contributed by atoms with Crippen molar-refractivity contribution in [2.75, 3.05) is 13.2 Å². The smallest absolute Gasteiger partial charge is 0.481 e. The average Bonchev–Trinajstić information content (AvgIpc) is 3.26. The minimum atomic E-state index is -1.69. The van der Waals surface area contributed by atoms with E-state index in [2.05, 4.69) is 45.3 Å². The molecule has 2 aliphatic carbocycles. The summed E-state index contributed by atoms with van der Waals surface area (Å²) in [5.41, 5.74) is 0. The summed E-state index contributed by atoms with van der Waals surface area (Å²) >= 11 is 0. The third-order valence-electron chi connectivity index (χ3n) is 4.54. The van der Waals surface area contributed by atoms with Crippen molar-refractivity contribution in [2.45, 2.75) is 44.9 Å². The van der Waals surface area contributed by atoms with Gasteiger partial charge in [0.05, 0.1) is 6.61 Å². The zero-order valence-electron chi connectivity index (χ0n) is 16.7. The monoisotopic (exact) mass is 405 g/mol. The van der Waals surface area contributed by atoms with Crippen molar-refractivity contribution in [1.29, 1.82) is 0 Å². The molecule has 3 rings (SSSR count). The van der Waals surface area contributed by atoms with E-state index in [1.165, 1.54) is 0 Å². The van der Waals surface area contributed by atoms with E-state index in [-0.39, 0.29) is 47.0 Å². The molecule has 1 aliphatic heterocycles. The Morgan fingerprint density at radius 2 is 1.73 bits per heavy atom. The van der Waals surface area contributed by atoms with Gasteiger partial charge in [0.2, 0.25) is 0 Å². The van der Waals surface area contributed by atoms with Gasteiger partial charge in [-0.15, -0.1) is 5.92 Å². The van der Waals surface area contributed by atoms with Gasteiger partial charge in [-0.1, -0.05) is 33.6 Å². The van der Waals surface area contributed by atoms with E-state index in [1.54, 1.807) is 0 Å². The molecule has 0 aromatic heterocycles. The van der Waals surface area contributed by atoms with Crippen LogP contribution in [0.25, 0.3) is 0 Å². The van der Waals surface area contributed by atoms with Crippen LogP contribution in [0.1, 0.15) is 20.8 Å². The summed E-state index contributed by atoms with van der Waals surface area (Å²) in [6.07, 6.45) is 18.9. The first-order valence-electron chi connectivity index (χ1n) is 8.44. The SMILES string of the molecule is CC(C)(C)[Si](C)(C)OC[C@H]1COC([C]2[C-][CH][CH][CH]2)=N1.[CH]1[CH][CH][CH][CH]1.[Fe+2].[Li+]. The van der Waals surface area contributed by atoms with Gasteiger partial charge in [0, 0.05) is 0 Å². The second-order valence-electron chi connectivity index (χ2n) is 7.52. The van der Waals surface area contributed by atoms with Crippen LogP contribution in [0.3, 0.4) is 0 Å². The van der Waals surface area contributed by atoms with Crippen LogP contribution >= 0.6 is 0 Å². The van der Waals surface area contributed by atoms with Crippen LogP contribution < -0.4 is 18.9 Å². The Morgan fingerprint density at radius 1 is 1.15 bits per heavy atom. The summed E-state index contributed by atoms with van der Waals surface area (Å²) in [4.78, 5) is 4.58. The van der Waals surface area contributed by atoms with Crippen LogP contribution in [-0.2, 0) is 26.2 Å². The van der Waals surface area contributed by atoms with Crippen LogP contribution in [-0.4, -0.2) is 33.5 Å². The van der Waals surface area contributed by atoms with Gasteiger partial charge < -0.3 is 15.6 Å². The second kappa shape index (κ2) is 12.4. The third kappa shape index (κ3) is 8.42.